The average Bonchev–Trinajstić information content (AvgIpc) is 2.75. The number of aromatic hydroxyl groups is 1. The quantitative estimate of drug-likeness (QED) is 0.379. The molecule has 3 N–H and O–H groups in total. The first kappa shape index (κ1) is 31.7. The third kappa shape index (κ3) is 9.93. The zero-order valence-corrected chi connectivity index (χ0v) is 23.5. The Labute approximate surface area is 220 Å². The molecule has 2 unspecified atom stereocenters. The highest BCUT2D eigenvalue weighted by atomic mass is 16.6. The van der Waals surface area contributed by atoms with Crippen LogP contribution in [-0.2, 0) is 23.9 Å². The Hall–Kier alpha value is -3.30. The number of nitrogens with one attached hydrogen (secondary N) is 2. The largest absolute Gasteiger partial charge is 0.508 e. The fourth-order valence-corrected chi connectivity index (χ4v) is 3.69. The van der Waals surface area contributed by atoms with Gasteiger partial charge in [0.05, 0.1) is 13.0 Å². The van der Waals surface area contributed by atoms with Gasteiger partial charge >= 0.3 is 12.1 Å². The second-order valence-corrected chi connectivity index (χ2v) is 10.5. The van der Waals surface area contributed by atoms with E-state index in [1.165, 1.54) is 11.0 Å². The maximum Gasteiger partial charge on any atom is 0.408 e. The number of benzene rings is 1. The Morgan fingerprint density at radius 3 is 2.19 bits per heavy atom. The summed E-state index contributed by atoms with van der Waals surface area (Å²) >= 11 is 0. The Kier molecular flexibility index (Phi) is 11.9. The third-order valence-corrected chi connectivity index (χ3v) is 5.41. The molecule has 0 radical (unpaired) electrons. The van der Waals surface area contributed by atoms with E-state index in [-0.39, 0.29) is 31.2 Å². The van der Waals surface area contributed by atoms with Gasteiger partial charge in [-0.15, -0.1) is 0 Å². The third-order valence-electron chi connectivity index (χ3n) is 5.41. The number of alkyl carbamates (subject to hydrolysis) is 1. The highest BCUT2D eigenvalue weighted by molar-refractivity contribution is 5.92. The summed E-state index contributed by atoms with van der Waals surface area (Å²) in [4.78, 5) is 53.1. The number of phenols is 1. The summed E-state index contributed by atoms with van der Waals surface area (Å²) in [5, 5.41) is 15.4. The molecule has 0 aliphatic rings. The Morgan fingerprint density at radius 1 is 1.08 bits per heavy atom. The smallest absolute Gasteiger partial charge is 0.408 e. The molecule has 0 bridgehead atoms. The number of ether oxygens (including phenoxy) is 2. The van der Waals surface area contributed by atoms with Crippen LogP contribution in [0.25, 0.3) is 0 Å². The van der Waals surface area contributed by atoms with Gasteiger partial charge in [-0.1, -0.05) is 19.9 Å². The van der Waals surface area contributed by atoms with Crippen LogP contribution in [0, 0.1) is 12.8 Å². The maximum atomic E-state index is 13.9. The summed E-state index contributed by atoms with van der Waals surface area (Å²) in [5.74, 6) is -1.67. The number of amides is 3. The molecule has 2 atom stereocenters. The lowest BCUT2D eigenvalue weighted by atomic mass is 9.96. The van der Waals surface area contributed by atoms with Gasteiger partial charge in [-0.2, -0.15) is 0 Å². The second-order valence-electron chi connectivity index (χ2n) is 10.5. The highest BCUT2D eigenvalue weighted by Crippen LogP contribution is 2.29. The van der Waals surface area contributed by atoms with Crippen LogP contribution >= 0.6 is 0 Å². The minimum absolute atomic E-state index is 0.0225. The van der Waals surface area contributed by atoms with E-state index in [2.05, 4.69) is 10.6 Å². The van der Waals surface area contributed by atoms with Gasteiger partial charge in [0, 0.05) is 12.6 Å². The summed E-state index contributed by atoms with van der Waals surface area (Å²) in [7, 11) is 0. The van der Waals surface area contributed by atoms with Gasteiger partial charge in [0.2, 0.25) is 11.8 Å². The number of esters is 1. The van der Waals surface area contributed by atoms with Crippen LogP contribution in [0.3, 0.4) is 0 Å². The fourth-order valence-electron chi connectivity index (χ4n) is 3.69. The topological polar surface area (TPSA) is 134 Å². The predicted molar refractivity (Wildman–Crippen MR) is 140 cm³/mol. The van der Waals surface area contributed by atoms with Crippen molar-refractivity contribution in [3.63, 3.8) is 0 Å². The summed E-state index contributed by atoms with van der Waals surface area (Å²) in [6, 6.07) is 2.18. The summed E-state index contributed by atoms with van der Waals surface area (Å²) < 4.78 is 10.3. The fraction of sp³-hybridized carbons (Fsp3) is 0.630. The van der Waals surface area contributed by atoms with Crippen molar-refractivity contribution in [3.05, 3.63) is 29.3 Å². The number of nitrogens with zero attached hydrogens (tertiary/aromatic N) is 1. The Balaban J connectivity index is 3.40. The molecule has 0 heterocycles. The highest BCUT2D eigenvalue weighted by Gasteiger charge is 2.39. The van der Waals surface area contributed by atoms with Gasteiger partial charge in [-0.3, -0.25) is 14.4 Å². The van der Waals surface area contributed by atoms with Crippen LogP contribution in [0.5, 0.6) is 5.75 Å². The molecule has 1 rings (SSSR count). The Bertz CT molecular complexity index is 954. The summed E-state index contributed by atoms with van der Waals surface area (Å²) in [6.45, 7) is 15.9. The van der Waals surface area contributed by atoms with Gasteiger partial charge in [0.1, 0.15) is 23.4 Å². The predicted octanol–water partition coefficient (Wildman–Crippen LogP) is 3.60. The molecule has 0 spiro atoms. The van der Waals surface area contributed by atoms with E-state index in [4.69, 9.17) is 9.47 Å². The number of hydrogen-bond donors (Lipinski definition) is 3. The van der Waals surface area contributed by atoms with Crippen molar-refractivity contribution in [3.8, 4) is 5.75 Å². The zero-order valence-electron chi connectivity index (χ0n) is 23.5. The van der Waals surface area contributed by atoms with Crippen LogP contribution in [0.1, 0.15) is 79.0 Å². The van der Waals surface area contributed by atoms with E-state index in [1.807, 2.05) is 0 Å². The monoisotopic (exact) mass is 521 g/mol. The first-order valence-corrected chi connectivity index (χ1v) is 12.6. The molecule has 208 valence electrons. The van der Waals surface area contributed by atoms with Crippen molar-refractivity contribution in [1.29, 1.82) is 0 Å². The second kappa shape index (κ2) is 13.9. The van der Waals surface area contributed by atoms with Crippen molar-refractivity contribution in [2.24, 2.45) is 5.92 Å². The SMILES string of the molecule is CCOC(=O)CCNC(=O)C(c1ccc(O)c(C)c1)N(C(=O)C(NC(=O)OC(C)(C)C)C(C)C)C(C)C. The van der Waals surface area contributed by atoms with Crippen molar-refractivity contribution in [2.75, 3.05) is 13.2 Å². The first-order valence-electron chi connectivity index (χ1n) is 12.6. The lowest BCUT2D eigenvalue weighted by Gasteiger charge is -2.38. The molecule has 10 nitrogen and oxygen atoms in total. The van der Waals surface area contributed by atoms with Gasteiger partial charge in [0.15, 0.2) is 0 Å². The number of aryl methyl sites for hydroxylation is 1. The standard InChI is InChI=1S/C27H43N3O7/c1-10-36-21(32)13-14-28-24(33)23(19-11-12-20(31)18(6)15-19)30(17(4)5)25(34)22(16(2)3)29-26(35)37-27(7,8)9/h11-12,15-17,22-23,31H,10,13-14H2,1-9H3,(H,28,33)(H,29,35). The van der Waals surface area contributed by atoms with E-state index < -0.39 is 47.6 Å². The number of phenolic OH excluding ortho intramolecular Hbond substituents is 1. The molecule has 3 amide bonds. The summed E-state index contributed by atoms with van der Waals surface area (Å²) in [5.41, 5.74) is 0.258. The number of hydrogen-bond acceptors (Lipinski definition) is 7. The molecule has 0 fully saturated rings. The number of carbonyl (C=O) groups is 4. The average molecular weight is 522 g/mol. The molecule has 1 aromatic carbocycles. The normalized spacial score (nSPS) is 13.1. The minimum Gasteiger partial charge on any atom is -0.508 e. The van der Waals surface area contributed by atoms with Gasteiger partial charge < -0.3 is 30.1 Å². The maximum absolute atomic E-state index is 13.9. The van der Waals surface area contributed by atoms with Gasteiger partial charge in [0.25, 0.3) is 0 Å². The van der Waals surface area contributed by atoms with Crippen LogP contribution in [0.15, 0.2) is 18.2 Å². The van der Waals surface area contributed by atoms with Crippen molar-refractivity contribution in [2.45, 2.75) is 92.5 Å². The van der Waals surface area contributed by atoms with Gasteiger partial charge in [-0.25, -0.2) is 4.79 Å². The molecule has 0 aliphatic heterocycles. The lowest BCUT2D eigenvalue weighted by molar-refractivity contribution is -0.146. The summed E-state index contributed by atoms with van der Waals surface area (Å²) in [6.07, 6.45) is -0.759. The van der Waals surface area contributed by atoms with Crippen LogP contribution in [-0.4, -0.2) is 64.7 Å². The molecule has 0 aromatic heterocycles. The molecule has 0 aliphatic carbocycles. The minimum atomic E-state index is -1.09. The molecule has 0 saturated carbocycles. The van der Waals surface area contributed by atoms with E-state index >= 15 is 0 Å². The molecular formula is C27H43N3O7. The van der Waals surface area contributed by atoms with Crippen molar-refractivity contribution >= 4 is 23.9 Å². The van der Waals surface area contributed by atoms with Crippen LogP contribution < -0.4 is 10.6 Å². The molecule has 1 aromatic rings. The molecule has 10 heteroatoms. The zero-order chi connectivity index (χ0) is 28.5. The molecule has 0 saturated heterocycles. The van der Waals surface area contributed by atoms with E-state index in [0.29, 0.717) is 11.1 Å². The molecule has 37 heavy (non-hydrogen) atoms. The van der Waals surface area contributed by atoms with Crippen LogP contribution in [0.2, 0.25) is 0 Å². The number of carbonyl (C=O) groups excluding carboxylic acids is 4. The van der Waals surface area contributed by atoms with E-state index in [0.717, 1.165) is 0 Å². The van der Waals surface area contributed by atoms with E-state index in [9.17, 15) is 24.3 Å². The van der Waals surface area contributed by atoms with Crippen molar-refractivity contribution in [1.82, 2.24) is 15.5 Å². The first-order chi connectivity index (χ1) is 17.1. The van der Waals surface area contributed by atoms with Gasteiger partial charge in [-0.05, 0) is 77.6 Å². The van der Waals surface area contributed by atoms with Crippen molar-refractivity contribution < 1.29 is 33.8 Å². The van der Waals surface area contributed by atoms with Crippen LogP contribution in [0.4, 0.5) is 4.79 Å². The van der Waals surface area contributed by atoms with E-state index in [1.54, 1.807) is 74.4 Å². The Morgan fingerprint density at radius 2 is 1.70 bits per heavy atom. The molecular weight excluding hydrogens is 478 g/mol. The number of rotatable bonds is 11. The lowest BCUT2D eigenvalue weighted by Crippen LogP contribution is -2.56.